The highest BCUT2D eigenvalue weighted by Crippen LogP contribution is 2.24. The van der Waals surface area contributed by atoms with Gasteiger partial charge in [0.15, 0.2) is 11.6 Å². The van der Waals surface area contributed by atoms with Crippen LogP contribution < -0.4 is 15.8 Å². The topological polar surface area (TPSA) is 47.3 Å². The lowest BCUT2D eigenvalue weighted by Gasteiger charge is -2.08. The largest absolute Gasteiger partial charge is 0.494 e. The molecule has 0 radical (unpaired) electrons. The number of methoxy groups -OCH3 is 1. The van der Waals surface area contributed by atoms with Crippen molar-refractivity contribution >= 4 is 17.1 Å². The van der Waals surface area contributed by atoms with Gasteiger partial charge in [-0.25, -0.2) is 4.39 Å². The van der Waals surface area contributed by atoms with Gasteiger partial charge in [0.1, 0.15) is 0 Å². The van der Waals surface area contributed by atoms with Gasteiger partial charge in [0.05, 0.1) is 7.11 Å². The average Bonchev–Trinajstić information content (AvgIpc) is 2.29. The maximum atomic E-state index is 13.4. The molecule has 0 aliphatic heterocycles. The maximum absolute atomic E-state index is 13.4. The van der Waals surface area contributed by atoms with Crippen LogP contribution in [0.2, 0.25) is 0 Å². The smallest absolute Gasteiger partial charge is 0.167 e. The fraction of sp³-hybridized carbons (Fsp3) is 0.0769. The van der Waals surface area contributed by atoms with E-state index in [2.05, 4.69) is 5.32 Å². The molecule has 2 aromatic carbocycles. The Morgan fingerprint density at radius 3 is 2.53 bits per heavy atom. The zero-order valence-electron chi connectivity index (χ0n) is 9.41. The minimum atomic E-state index is -0.401. The Kier molecular flexibility index (Phi) is 3.14. The Balaban J connectivity index is 2.22. The van der Waals surface area contributed by atoms with Gasteiger partial charge in [-0.15, -0.1) is 0 Å². The van der Waals surface area contributed by atoms with Gasteiger partial charge in [-0.1, -0.05) is 6.07 Å². The average molecular weight is 232 g/mol. The molecule has 0 aromatic heterocycles. The first kappa shape index (κ1) is 11.3. The molecule has 17 heavy (non-hydrogen) atoms. The number of ether oxygens (including phenoxy) is 1. The van der Waals surface area contributed by atoms with Gasteiger partial charge < -0.3 is 15.8 Å². The van der Waals surface area contributed by atoms with Gasteiger partial charge in [0.2, 0.25) is 0 Å². The first-order chi connectivity index (χ1) is 8.19. The van der Waals surface area contributed by atoms with Crippen molar-refractivity contribution in [2.45, 2.75) is 0 Å². The van der Waals surface area contributed by atoms with Crippen LogP contribution in [-0.2, 0) is 0 Å². The summed E-state index contributed by atoms with van der Waals surface area (Å²) >= 11 is 0. The first-order valence-electron chi connectivity index (χ1n) is 5.15. The second-order valence-corrected chi connectivity index (χ2v) is 3.60. The second-order valence-electron chi connectivity index (χ2n) is 3.60. The zero-order chi connectivity index (χ0) is 12.3. The van der Waals surface area contributed by atoms with Crippen LogP contribution in [0, 0.1) is 5.82 Å². The molecule has 2 rings (SSSR count). The molecule has 0 unspecified atom stereocenters. The quantitative estimate of drug-likeness (QED) is 0.799. The van der Waals surface area contributed by atoms with E-state index < -0.39 is 5.82 Å². The van der Waals surface area contributed by atoms with E-state index in [1.807, 2.05) is 12.1 Å². The Hall–Kier alpha value is -2.23. The molecule has 0 aliphatic carbocycles. The number of nitrogen functional groups attached to an aromatic ring is 1. The standard InChI is InChI=1S/C13H13FN2O/c1-17-13-6-5-11(8-12(13)14)16-10-4-2-3-9(15)7-10/h2-8,16H,15H2,1H3. The summed E-state index contributed by atoms with van der Waals surface area (Å²) < 4.78 is 18.3. The Morgan fingerprint density at radius 2 is 1.88 bits per heavy atom. The number of nitrogens with one attached hydrogen (secondary N) is 1. The van der Waals surface area contributed by atoms with E-state index in [4.69, 9.17) is 10.5 Å². The summed E-state index contributed by atoms with van der Waals surface area (Å²) in [7, 11) is 1.43. The van der Waals surface area contributed by atoms with Crippen LogP contribution >= 0.6 is 0 Å². The van der Waals surface area contributed by atoms with Crippen molar-refractivity contribution in [3.8, 4) is 5.75 Å². The minimum absolute atomic E-state index is 0.225. The summed E-state index contributed by atoms with van der Waals surface area (Å²) in [5.41, 5.74) is 7.77. The number of nitrogens with two attached hydrogens (primary N) is 1. The van der Waals surface area contributed by atoms with E-state index in [0.29, 0.717) is 11.4 Å². The third kappa shape index (κ3) is 2.66. The minimum Gasteiger partial charge on any atom is -0.494 e. The fourth-order valence-corrected chi connectivity index (χ4v) is 1.53. The summed E-state index contributed by atoms with van der Waals surface area (Å²) in [5, 5.41) is 3.06. The van der Waals surface area contributed by atoms with Crippen molar-refractivity contribution in [3.05, 3.63) is 48.3 Å². The van der Waals surface area contributed by atoms with Crippen molar-refractivity contribution in [1.29, 1.82) is 0 Å². The van der Waals surface area contributed by atoms with Gasteiger partial charge in [0, 0.05) is 23.1 Å². The molecule has 4 heteroatoms. The molecule has 0 bridgehead atoms. The van der Waals surface area contributed by atoms with E-state index in [1.54, 1.807) is 24.3 Å². The second kappa shape index (κ2) is 4.74. The fourth-order valence-electron chi connectivity index (χ4n) is 1.53. The summed E-state index contributed by atoms with van der Waals surface area (Å²) in [6.07, 6.45) is 0. The Bertz CT molecular complexity index is 529. The van der Waals surface area contributed by atoms with Crippen LogP contribution in [0.4, 0.5) is 21.5 Å². The van der Waals surface area contributed by atoms with Crippen LogP contribution in [0.25, 0.3) is 0 Å². The summed E-state index contributed by atoms with van der Waals surface area (Å²) in [6.45, 7) is 0. The molecule has 0 saturated carbocycles. The Morgan fingerprint density at radius 1 is 1.12 bits per heavy atom. The van der Waals surface area contributed by atoms with E-state index in [-0.39, 0.29) is 5.75 Å². The Labute approximate surface area is 99.0 Å². The van der Waals surface area contributed by atoms with Crippen molar-refractivity contribution in [3.63, 3.8) is 0 Å². The predicted octanol–water partition coefficient (Wildman–Crippen LogP) is 3.16. The molecule has 0 spiro atoms. The van der Waals surface area contributed by atoms with Crippen molar-refractivity contribution in [2.24, 2.45) is 0 Å². The molecular weight excluding hydrogens is 219 g/mol. The van der Waals surface area contributed by atoms with E-state index in [1.165, 1.54) is 13.2 Å². The van der Waals surface area contributed by atoms with Crippen LogP contribution in [0.5, 0.6) is 5.75 Å². The number of halogens is 1. The number of rotatable bonds is 3. The lowest BCUT2D eigenvalue weighted by molar-refractivity contribution is 0.386. The highest BCUT2D eigenvalue weighted by atomic mass is 19.1. The van der Waals surface area contributed by atoms with Gasteiger partial charge in [-0.2, -0.15) is 0 Å². The lowest BCUT2D eigenvalue weighted by atomic mass is 10.2. The number of hydrogen-bond donors (Lipinski definition) is 2. The number of benzene rings is 2. The van der Waals surface area contributed by atoms with Crippen LogP contribution in [0.1, 0.15) is 0 Å². The van der Waals surface area contributed by atoms with Gasteiger partial charge >= 0.3 is 0 Å². The zero-order valence-corrected chi connectivity index (χ0v) is 9.41. The monoisotopic (exact) mass is 232 g/mol. The molecule has 0 saturated heterocycles. The molecule has 0 fully saturated rings. The highest BCUT2D eigenvalue weighted by Gasteiger charge is 2.03. The SMILES string of the molecule is COc1ccc(Nc2cccc(N)c2)cc1F. The molecule has 0 aliphatic rings. The van der Waals surface area contributed by atoms with Crippen LogP contribution in [-0.4, -0.2) is 7.11 Å². The molecule has 0 amide bonds. The van der Waals surface area contributed by atoms with Crippen molar-refractivity contribution in [2.75, 3.05) is 18.2 Å². The highest BCUT2D eigenvalue weighted by molar-refractivity contribution is 5.64. The van der Waals surface area contributed by atoms with Crippen molar-refractivity contribution in [1.82, 2.24) is 0 Å². The lowest BCUT2D eigenvalue weighted by Crippen LogP contribution is -1.94. The van der Waals surface area contributed by atoms with Crippen molar-refractivity contribution < 1.29 is 9.13 Å². The van der Waals surface area contributed by atoms with Gasteiger partial charge in [0.25, 0.3) is 0 Å². The molecular formula is C13H13FN2O. The molecule has 3 N–H and O–H groups in total. The van der Waals surface area contributed by atoms with Gasteiger partial charge in [-0.3, -0.25) is 0 Å². The van der Waals surface area contributed by atoms with E-state index in [0.717, 1.165) is 5.69 Å². The molecule has 2 aromatic rings. The summed E-state index contributed by atoms with van der Waals surface area (Å²) in [4.78, 5) is 0. The van der Waals surface area contributed by atoms with Crippen LogP contribution in [0.3, 0.4) is 0 Å². The normalized spacial score (nSPS) is 10.0. The molecule has 0 heterocycles. The predicted molar refractivity (Wildman–Crippen MR) is 67.1 cm³/mol. The maximum Gasteiger partial charge on any atom is 0.167 e. The summed E-state index contributed by atoms with van der Waals surface area (Å²) in [6, 6.07) is 12.0. The number of anilines is 3. The van der Waals surface area contributed by atoms with E-state index in [9.17, 15) is 4.39 Å². The molecule has 3 nitrogen and oxygen atoms in total. The summed E-state index contributed by atoms with van der Waals surface area (Å²) in [5.74, 6) is -0.176. The third-order valence-corrected chi connectivity index (χ3v) is 2.33. The first-order valence-corrected chi connectivity index (χ1v) is 5.15. The molecule has 0 atom stereocenters. The third-order valence-electron chi connectivity index (χ3n) is 2.33. The molecule has 88 valence electrons. The van der Waals surface area contributed by atoms with E-state index >= 15 is 0 Å². The van der Waals surface area contributed by atoms with Crippen LogP contribution in [0.15, 0.2) is 42.5 Å². The van der Waals surface area contributed by atoms with Gasteiger partial charge in [-0.05, 0) is 30.3 Å². The number of hydrogen-bond acceptors (Lipinski definition) is 3.